The minimum Gasteiger partial charge on any atom is -0.394 e. The molecule has 10 heteroatoms. The Morgan fingerprint density at radius 2 is 2.00 bits per heavy atom. The first kappa shape index (κ1) is 17.2. The van der Waals surface area contributed by atoms with E-state index in [9.17, 15) is 27.3 Å². The first-order valence-electron chi connectivity index (χ1n) is 5.71. The number of sulfone groups is 1. The van der Waals surface area contributed by atoms with Crippen LogP contribution in [0.2, 0.25) is 0 Å². The van der Waals surface area contributed by atoms with Crippen LogP contribution >= 0.6 is 0 Å². The Bertz CT molecular complexity index is 646. The fraction of sp³-hybridized carbons (Fsp3) is 0.455. The Morgan fingerprint density at radius 1 is 1.43 bits per heavy atom. The zero-order chi connectivity index (χ0) is 16.4. The SMILES string of the molecule is CC(C)(CO)Nc1ccc(S(=O)(=O)C(F)F)cc1[N+](=O)[O-]. The summed E-state index contributed by atoms with van der Waals surface area (Å²) < 4.78 is 47.6. The van der Waals surface area contributed by atoms with Gasteiger partial charge in [0.25, 0.3) is 5.69 Å². The van der Waals surface area contributed by atoms with E-state index < -0.39 is 36.6 Å². The van der Waals surface area contributed by atoms with Gasteiger partial charge in [-0.3, -0.25) is 10.1 Å². The molecule has 1 aromatic rings. The summed E-state index contributed by atoms with van der Waals surface area (Å²) in [6.07, 6.45) is 0. The molecule has 0 atom stereocenters. The zero-order valence-corrected chi connectivity index (χ0v) is 12.0. The molecular weight excluding hydrogens is 310 g/mol. The number of nitrogens with one attached hydrogen (secondary N) is 1. The molecule has 0 aromatic heterocycles. The number of hydrogen-bond donors (Lipinski definition) is 2. The van der Waals surface area contributed by atoms with Gasteiger partial charge in [-0.25, -0.2) is 8.42 Å². The van der Waals surface area contributed by atoms with Crippen molar-refractivity contribution in [1.82, 2.24) is 0 Å². The smallest absolute Gasteiger partial charge is 0.341 e. The molecule has 0 spiro atoms. The number of aliphatic hydroxyl groups excluding tert-OH is 1. The van der Waals surface area contributed by atoms with E-state index in [4.69, 9.17) is 5.11 Å². The van der Waals surface area contributed by atoms with Crippen molar-refractivity contribution in [2.75, 3.05) is 11.9 Å². The molecule has 0 fully saturated rings. The Labute approximate surface area is 119 Å². The molecule has 0 radical (unpaired) electrons. The molecule has 0 saturated heterocycles. The molecule has 0 heterocycles. The first-order valence-corrected chi connectivity index (χ1v) is 7.25. The van der Waals surface area contributed by atoms with Crippen LogP contribution in [-0.4, -0.2) is 36.4 Å². The molecule has 0 bridgehead atoms. The van der Waals surface area contributed by atoms with Gasteiger partial charge in [0.1, 0.15) is 5.69 Å². The average Bonchev–Trinajstić information content (AvgIpc) is 2.38. The van der Waals surface area contributed by atoms with E-state index in [0.717, 1.165) is 12.1 Å². The van der Waals surface area contributed by atoms with Crippen LogP contribution in [0.25, 0.3) is 0 Å². The van der Waals surface area contributed by atoms with Crippen molar-refractivity contribution < 1.29 is 27.2 Å². The Kier molecular flexibility index (Phi) is 4.84. The summed E-state index contributed by atoms with van der Waals surface area (Å²) >= 11 is 0. The monoisotopic (exact) mass is 324 g/mol. The highest BCUT2D eigenvalue weighted by Crippen LogP contribution is 2.31. The summed E-state index contributed by atoms with van der Waals surface area (Å²) in [5, 5.41) is 22.7. The summed E-state index contributed by atoms with van der Waals surface area (Å²) in [4.78, 5) is 9.24. The standard InChI is InChI=1S/C11H14F2N2O5S/c1-11(2,6-16)14-8-4-3-7(5-9(8)15(17)18)21(19,20)10(12)13/h3-5,10,14,16H,6H2,1-2H3. The number of benzene rings is 1. The van der Waals surface area contributed by atoms with Crippen LogP contribution < -0.4 is 5.32 Å². The second-order valence-electron chi connectivity index (χ2n) is 4.91. The van der Waals surface area contributed by atoms with Gasteiger partial charge >= 0.3 is 5.76 Å². The van der Waals surface area contributed by atoms with Gasteiger partial charge in [0, 0.05) is 6.07 Å². The highest BCUT2D eigenvalue weighted by Gasteiger charge is 2.30. The predicted molar refractivity (Wildman–Crippen MR) is 71.1 cm³/mol. The lowest BCUT2D eigenvalue weighted by Crippen LogP contribution is -2.35. The normalized spacial score (nSPS) is 12.5. The molecule has 0 aliphatic rings. The number of rotatable bonds is 6. The maximum absolute atomic E-state index is 12.5. The number of alkyl halides is 2. The van der Waals surface area contributed by atoms with Crippen LogP contribution in [0, 0.1) is 10.1 Å². The van der Waals surface area contributed by atoms with Gasteiger partial charge in [-0.05, 0) is 26.0 Å². The van der Waals surface area contributed by atoms with E-state index in [1.165, 1.54) is 0 Å². The van der Waals surface area contributed by atoms with Crippen LogP contribution in [0.1, 0.15) is 13.8 Å². The van der Waals surface area contributed by atoms with Crippen molar-refractivity contribution in [2.45, 2.75) is 30.0 Å². The number of anilines is 1. The van der Waals surface area contributed by atoms with Gasteiger partial charge in [0.05, 0.1) is 22.0 Å². The fourth-order valence-corrected chi connectivity index (χ4v) is 2.19. The summed E-state index contributed by atoms with van der Waals surface area (Å²) in [6, 6.07) is 2.44. The number of halogens is 2. The van der Waals surface area contributed by atoms with Crippen LogP contribution in [0.4, 0.5) is 20.2 Å². The lowest BCUT2D eigenvalue weighted by atomic mass is 10.1. The number of nitro benzene ring substituents is 1. The topological polar surface area (TPSA) is 110 Å². The van der Waals surface area contributed by atoms with Gasteiger partial charge < -0.3 is 10.4 Å². The van der Waals surface area contributed by atoms with Crippen molar-refractivity contribution in [3.05, 3.63) is 28.3 Å². The third-order valence-electron chi connectivity index (χ3n) is 2.60. The van der Waals surface area contributed by atoms with Crippen LogP contribution in [0.3, 0.4) is 0 Å². The summed E-state index contributed by atoms with van der Waals surface area (Å²) in [5.41, 5.74) is -1.65. The highest BCUT2D eigenvalue weighted by atomic mass is 32.2. The summed E-state index contributed by atoms with van der Waals surface area (Å²) in [7, 11) is -4.91. The number of nitro groups is 1. The second-order valence-corrected chi connectivity index (χ2v) is 6.83. The van der Waals surface area contributed by atoms with E-state index >= 15 is 0 Å². The molecule has 2 N–H and O–H groups in total. The van der Waals surface area contributed by atoms with Gasteiger partial charge in [-0.1, -0.05) is 0 Å². The largest absolute Gasteiger partial charge is 0.394 e. The molecule has 0 aliphatic heterocycles. The average molecular weight is 324 g/mol. The molecule has 0 aliphatic carbocycles. The maximum Gasteiger partial charge on any atom is 0.341 e. The lowest BCUT2D eigenvalue weighted by Gasteiger charge is -2.24. The summed E-state index contributed by atoms with van der Waals surface area (Å²) in [5.74, 6) is -3.66. The molecule has 118 valence electrons. The van der Waals surface area contributed by atoms with Crippen molar-refractivity contribution >= 4 is 21.2 Å². The number of hydrogen-bond acceptors (Lipinski definition) is 6. The van der Waals surface area contributed by atoms with Crippen LogP contribution in [0.5, 0.6) is 0 Å². The molecule has 1 aromatic carbocycles. The van der Waals surface area contributed by atoms with Crippen molar-refractivity contribution in [1.29, 1.82) is 0 Å². The van der Waals surface area contributed by atoms with E-state index in [-0.39, 0.29) is 12.3 Å². The van der Waals surface area contributed by atoms with Crippen LogP contribution in [0.15, 0.2) is 23.1 Å². The quantitative estimate of drug-likeness (QED) is 0.609. The van der Waals surface area contributed by atoms with Crippen molar-refractivity contribution in [3.8, 4) is 0 Å². The zero-order valence-electron chi connectivity index (χ0n) is 11.2. The Hall–Kier alpha value is -1.81. The Balaban J connectivity index is 3.36. The van der Waals surface area contributed by atoms with E-state index in [1.54, 1.807) is 13.8 Å². The molecule has 7 nitrogen and oxygen atoms in total. The molecule has 21 heavy (non-hydrogen) atoms. The minimum absolute atomic E-state index is 0.0766. The Morgan fingerprint density at radius 3 is 2.43 bits per heavy atom. The van der Waals surface area contributed by atoms with Crippen molar-refractivity contribution in [3.63, 3.8) is 0 Å². The fourth-order valence-electron chi connectivity index (χ4n) is 1.45. The number of nitrogens with zero attached hydrogens (tertiary/aromatic N) is 1. The van der Waals surface area contributed by atoms with Crippen molar-refractivity contribution in [2.24, 2.45) is 0 Å². The third kappa shape index (κ3) is 3.85. The van der Waals surface area contributed by atoms with Gasteiger partial charge in [0.15, 0.2) is 0 Å². The molecular formula is C11H14F2N2O5S. The molecule has 0 unspecified atom stereocenters. The molecule has 0 saturated carbocycles. The van der Waals surface area contributed by atoms with E-state index in [2.05, 4.69) is 5.32 Å². The van der Waals surface area contributed by atoms with Gasteiger partial charge in [-0.15, -0.1) is 0 Å². The minimum atomic E-state index is -4.91. The first-order chi connectivity index (χ1) is 9.51. The summed E-state index contributed by atoms with van der Waals surface area (Å²) in [6.45, 7) is 2.77. The molecule has 0 amide bonds. The van der Waals surface area contributed by atoms with E-state index in [0.29, 0.717) is 6.07 Å². The lowest BCUT2D eigenvalue weighted by molar-refractivity contribution is -0.384. The van der Waals surface area contributed by atoms with Crippen LogP contribution in [-0.2, 0) is 9.84 Å². The van der Waals surface area contributed by atoms with Gasteiger partial charge in [0.2, 0.25) is 9.84 Å². The maximum atomic E-state index is 12.5. The second kappa shape index (κ2) is 5.90. The predicted octanol–water partition coefficient (Wildman–Crippen LogP) is 1.77. The number of aliphatic hydroxyl groups is 1. The highest BCUT2D eigenvalue weighted by molar-refractivity contribution is 7.91. The molecule has 1 rings (SSSR count). The van der Waals surface area contributed by atoms with Gasteiger partial charge in [-0.2, -0.15) is 8.78 Å². The van der Waals surface area contributed by atoms with E-state index in [1.807, 2.05) is 0 Å². The third-order valence-corrected chi connectivity index (χ3v) is 3.98.